The number of carboxylic acid groups (broad SMARTS) is 1. The van der Waals surface area contributed by atoms with Crippen molar-refractivity contribution < 1.29 is 9.90 Å². The summed E-state index contributed by atoms with van der Waals surface area (Å²) in [7, 11) is 0. The fraction of sp³-hybridized carbons (Fsp3) is 0.471. The number of allylic oxidation sites excluding steroid dienone is 1. The molecule has 1 saturated heterocycles. The Kier molecular flexibility index (Phi) is 4.25. The van der Waals surface area contributed by atoms with Gasteiger partial charge in [0.15, 0.2) is 0 Å². The maximum atomic E-state index is 11.4. The molecule has 1 N–H and O–H groups in total. The molecule has 0 spiro atoms. The van der Waals surface area contributed by atoms with Crippen molar-refractivity contribution in [1.82, 2.24) is 9.80 Å². The zero-order valence-electron chi connectivity index (χ0n) is 12.2. The molecular weight excluding hydrogens is 264 g/mol. The van der Waals surface area contributed by atoms with Gasteiger partial charge in [0.05, 0.1) is 6.04 Å². The second-order valence-corrected chi connectivity index (χ2v) is 5.99. The second-order valence-electron chi connectivity index (χ2n) is 5.99. The molecule has 1 heterocycles. The zero-order valence-corrected chi connectivity index (χ0v) is 12.2. The molecule has 1 aromatic rings. The fourth-order valence-corrected chi connectivity index (χ4v) is 2.83. The number of nitrogens with zero attached hydrogens (tertiary/aromatic N) is 2. The molecule has 21 heavy (non-hydrogen) atoms. The minimum atomic E-state index is -0.806. The van der Waals surface area contributed by atoms with E-state index in [2.05, 4.69) is 29.2 Å². The standard InChI is InChI=1S/C17H22N2O2/c20-17(21)19-11-10-18(12-15-4-2-1-3-5-15)13-16(19)9-8-14-6-7-14/h1-5,8-9,14,16H,6-7,10-13H2,(H,20,21)/b9-8+/t16-/m1/s1. The first kappa shape index (κ1) is 14.1. The molecule has 1 atom stereocenters. The van der Waals surface area contributed by atoms with E-state index in [1.165, 1.54) is 18.4 Å². The third kappa shape index (κ3) is 3.85. The molecule has 0 unspecified atom stereocenters. The van der Waals surface area contributed by atoms with Crippen molar-refractivity contribution in [1.29, 1.82) is 0 Å². The van der Waals surface area contributed by atoms with Crippen molar-refractivity contribution in [3.63, 3.8) is 0 Å². The Bertz CT molecular complexity index is 511. The summed E-state index contributed by atoms with van der Waals surface area (Å²) >= 11 is 0. The Hall–Kier alpha value is -1.81. The van der Waals surface area contributed by atoms with Gasteiger partial charge in [0.25, 0.3) is 0 Å². The van der Waals surface area contributed by atoms with Crippen molar-refractivity contribution in [2.45, 2.75) is 25.4 Å². The lowest BCUT2D eigenvalue weighted by Gasteiger charge is -2.38. The summed E-state index contributed by atoms with van der Waals surface area (Å²) in [6.45, 7) is 3.06. The summed E-state index contributed by atoms with van der Waals surface area (Å²) in [5, 5.41) is 9.34. The molecule has 2 aliphatic rings. The van der Waals surface area contributed by atoms with Crippen LogP contribution in [0.5, 0.6) is 0 Å². The lowest BCUT2D eigenvalue weighted by Crippen LogP contribution is -2.53. The van der Waals surface area contributed by atoms with Gasteiger partial charge in [-0.3, -0.25) is 9.80 Å². The molecule has 1 aliphatic carbocycles. The number of carbonyl (C=O) groups is 1. The van der Waals surface area contributed by atoms with E-state index in [0.29, 0.717) is 12.5 Å². The highest BCUT2D eigenvalue weighted by molar-refractivity contribution is 5.66. The van der Waals surface area contributed by atoms with Crippen molar-refractivity contribution in [3.8, 4) is 0 Å². The monoisotopic (exact) mass is 286 g/mol. The predicted molar refractivity (Wildman–Crippen MR) is 82.1 cm³/mol. The molecule has 1 aliphatic heterocycles. The molecule has 112 valence electrons. The highest BCUT2D eigenvalue weighted by Crippen LogP contribution is 2.30. The smallest absolute Gasteiger partial charge is 0.407 e. The van der Waals surface area contributed by atoms with Crippen LogP contribution >= 0.6 is 0 Å². The Labute approximate surface area is 125 Å². The number of amides is 1. The third-order valence-corrected chi connectivity index (χ3v) is 4.22. The summed E-state index contributed by atoms with van der Waals surface area (Å²) in [6, 6.07) is 10.4. The van der Waals surface area contributed by atoms with Crippen LogP contribution in [0.1, 0.15) is 18.4 Å². The van der Waals surface area contributed by atoms with Crippen LogP contribution in [0.25, 0.3) is 0 Å². The SMILES string of the molecule is O=C(O)N1CCN(Cc2ccccc2)C[C@H]1/C=C/C1CC1. The Balaban J connectivity index is 1.64. The summed E-state index contributed by atoms with van der Waals surface area (Å²) in [4.78, 5) is 15.3. The first-order valence-electron chi connectivity index (χ1n) is 7.66. The molecule has 2 fully saturated rings. The first-order valence-corrected chi connectivity index (χ1v) is 7.66. The normalized spacial score (nSPS) is 23.6. The van der Waals surface area contributed by atoms with Gasteiger partial charge in [0.1, 0.15) is 0 Å². The van der Waals surface area contributed by atoms with Crippen LogP contribution in [-0.4, -0.2) is 46.7 Å². The van der Waals surface area contributed by atoms with Gasteiger partial charge in [-0.15, -0.1) is 0 Å². The van der Waals surface area contributed by atoms with Gasteiger partial charge in [-0.1, -0.05) is 42.5 Å². The summed E-state index contributed by atoms with van der Waals surface area (Å²) in [5.41, 5.74) is 1.28. The van der Waals surface area contributed by atoms with Crippen LogP contribution in [0.2, 0.25) is 0 Å². The van der Waals surface area contributed by atoms with Crippen LogP contribution in [0.15, 0.2) is 42.5 Å². The number of hydrogen-bond donors (Lipinski definition) is 1. The van der Waals surface area contributed by atoms with Gasteiger partial charge in [-0.05, 0) is 24.3 Å². The van der Waals surface area contributed by atoms with Gasteiger partial charge in [-0.25, -0.2) is 4.79 Å². The zero-order chi connectivity index (χ0) is 14.7. The van der Waals surface area contributed by atoms with Gasteiger partial charge in [0.2, 0.25) is 0 Å². The van der Waals surface area contributed by atoms with Gasteiger partial charge in [0, 0.05) is 26.2 Å². The largest absolute Gasteiger partial charge is 0.465 e. The summed E-state index contributed by atoms with van der Waals surface area (Å²) < 4.78 is 0. The Morgan fingerprint density at radius 1 is 1.19 bits per heavy atom. The Morgan fingerprint density at radius 3 is 2.62 bits per heavy atom. The van der Waals surface area contributed by atoms with E-state index in [-0.39, 0.29) is 6.04 Å². The lowest BCUT2D eigenvalue weighted by molar-refractivity contribution is 0.0803. The fourth-order valence-electron chi connectivity index (χ4n) is 2.83. The van der Waals surface area contributed by atoms with Crippen molar-refractivity contribution >= 4 is 6.09 Å². The minimum Gasteiger partial charge on any atom is -0.465 e. The van der Waals surface area contributed by atoms with Crippen LogP contribution in [-0.2, 0) is 6.54 Å². The van der Waals surface area contributed by atoms with Crippen molar-refractivity contribution in [3.05, 3.63) is 48.0 Å². The Morgan fingerprint density at radius 2 is 1.95 bits per heavy atom. The van der Waals surface area contributed by atoms with Crippen LogP contribution in [0.4, 0.5) is 4.79 Å². The molecule has 0 aromatic heterocycles. The maximum absolute atomic E-state index is 11.4. The van der Waals surface area contributed by atoms with E-state index in [0.717, 1.165) is 19.6 Å². The van der Waals surface area contributed by atoms with Crippen LogP contribution < -0.4 is 0 Å². The molecule has 1 amide bonds. The first-order chi connectivity index (χ1) is 10.2. The molecule has 3 rings (SSSR count). The summed E-state index contributed by atoms with van der Waals surface area (Å²) in [6.07, 6.45) is 6.00. The van der Waals surface area contributed by atoms with Gasteiger partial charge in [-0.2, -0.15) is 0 Å². The van der Waals surface area contributed by atoms with E-state index in [4.69, 9.17) is 0 Å². The third-order valence-electron chi connectivity index (χ3n) is 4.22. The quantitative estimate of drug-likeness (QED) is 0.866. The van der Waals surface area contributed by atoms with E-state index < -0.39 is 6.09 Å². The van der Waals surface area contributed by atoms with E-state index in [1.807, 2.05) is 18.2 Å². The molecule has 1 aromatic carbocycles. The number of piperazine rings is 1. The molecule has 4 heteroatoms. The molecular formula is C17H22N2O2. The highest BCUT2D eigenvalue weighted by Gasteiger charge is 2.29. The van der Waals surface area contributed by atoms with Crippen molar-refractivity contribution in [2.75, 3.05) is 19.6 Å². The van der Waals surface area contributed by atoms with Crippen molar-refractivity contribution in [2.24, 2.45) is 5.92 Å². The summed E-state index contributed by atoms with van der Waals surface area (Å²) in [5.74, 6) is 0.685. The van der Waals surface area contributed by atoms with E-state index in [9.17, 15) is 9.90 Å². The van der Waals surface area contributed by atoms with E-state index >= 15 is 0 Å². The molecule has 1 saturated carbocycles. The molecule has 0 bridgehead atoms. The van der Waals surface area contributed by atoms with Crippen LogP contribution in [0.3, 0.4) is 0 Å². The van der Waals surface area contributed by atoms with Crippen LogP contribution in [0, 0.1) is 5.92 Å². The minimum absolute atomic E-state index is 0.0134. The van der Waals surface area contributed by atoms with E-state index in [1.54, 1.807) is 4.90 Å². The van der Waals surface area contributed by atoms with Gasteiger partial charge >= 0.3 is 6.09 Å². The topological polar surface area (TPSA) is 43.8 Å². The second kappa shape index (κ2) is 6.31. The number of hydrogen-bond acceptors (Lipinski definition) is 2. The predicted octanol–water partition coefficient (Wildman–Crippen LogP) is 2.82. The molecule has 4 nitrogen and oxygen atoms in total. The molecule has 0 radical (unpaired) electrons. The number of benzene rings is 1. The average molecular weight is 286 g/mol. The highest BCUT2D eigenvalue weighted by atomic mass is 16.4. The lowest BCUT2D eigenvalue weighted by atomic mass is 10.1. The van der Waals surface area contributed by atoms with Gasteiger partial charge < -0.3 is 5.11 Å². The number of rotatable bonds is 4. The average Bonchev–Trinajstić information content (AvgIpc) is 3.30. The maximum Gasteiger partial charge on any atom is 0.407 e.